The van der Waals surface area contributed by atoms with Crippen molar-refractivity contribution < 1.29 is 8.78 Å². The summed E-state index contributed by atoms with van der Waals surface area (Å²) >= 11 is 1.66. The van der Waals surface area contributed by atoms with Gasteiger partial charge in [0.15, 0.2) is 0 Å². The van der Waals surface area contributed by atoms with Crippen molar-refractivity contribution in [2.75, 3.05) is 0 Å². The molecule has 0 aromatic rings. The van der Waals surface area contributed by atoms with Crippen LogP contribution in [-0.2, 0) is 0 Å². The Labute approximate surface area is 40.6 Å². The van der Waals surface area contributed by atoms with Gasteiger partial charge in [-0.2, -0.15) is 8.78 Å². The molecular weight excluding hydrogens is 160 g/mol. The highest BCUT2D eigenvalue weighted by Crippen LogP contribution is 2.21. The molecule has 0 aromatic heterocycles. The Kier molecular flexibility index (Phi) is 1.58. The zero-order valence-corrected chi connectivity index (χ0v) is 4.08. The predicted molar refractivity (Wildman–Crippen MR) is 19.7 cm³/mol. The van der Waals surface area contributed by atoms with Gasteiger partial charge in [0, 0.05) is 21.1 Å². The van der Waals surface area contributed by atoms with E-state index in [1.165, 1.54) is 5.18 Å². The lowest BCUT2D eigenvalue weighted by atomic mass is 11.3. The normalized spacial score (nSPS) is 11.2. The largest absolute Gasteiger partial charge is 0.433 e. The molecule has 0 bridgehead atoms. The Balaban J connectivity index is 3.45. The topological polar surface area (TPSA) is 29.4 Å². The van der Waals surface area contributed by atoms with Crippen molar-refractivity contribution in [2.45, 2.75) is 4.96 Å². The molecule has 0 spiro atoms. The van der Waals surface area contributed by atoms with Crippen LogP contribution in [0.15, 0.2) is 5.18 Å². The summed E-state index contributed by atoms with van der Waals surface area (Å²) in [7, 11) is 0. The van der Waals surface area contributed by atoms with E-state index in [4.69, 9.17) is 4.91 Å². The third-order valence-electron chi connectivity index (χ3n) is 0.104. The summed E-state index contributed by atoms with van der Waals surface area (Å²) in [5, 5.41) is 1.35. The molecule has 0 atom stereocenters. The maximum Gasteiger partial charge on any atom is 0.433 e. The van der Waals surface area contributed by atoms with Crippen LogP contribution < -0.4 is 0 Å². The van der Waals surface area contributed by atoms with Gasteiger partial charge in [0.2, 0.25) is 0 Å². The van der Waals surface area contributed by atoms with Gasteiger partial charge in [-0.1, -0.05) is 0 Å². The van der Waals surface area contributed by atoms with Crippen LogP contribution in [0.2, 0.25) is 0 Å². The van der Waals surface area contributed by atoms with E-state index >= 15 is 0 Å². The fraction of sp³-hybridized carbons (Fsp3) is 1.00. The van der Waals surface area contributed by atoms with Crippen LogP contribution in [0.25, 0.3) is 0 Å². The van der Waals surface area contributed by atoms with Crippen LogP contribution in [0.4, 0.5) is 8.78 Å². The van der Waals surface area contributed by atoms with E-state index in [-0.39, 0.29) is 0 Å². The number of hydrogen-bond acceptors (Lipinski definition) is 2. The second kappa shape index (κ2) is 1.59. The first-order chi connectivity index (χ1) is 2.56. The molecule has 36 valence electrons. The molecule has 0 aliphatic carbocycles. The predicted octanol–water partition coefficient (Wildman–Crippen LogP) is 1.70. The number of nitrogens with zero attached hydrogens (tertiary/aromatic N) is 1. The maximum atomic E-state index is 10.9. The molecule has 0 aliphatic heterocycles. The van der Waals surface area contributed by atoms with Gasteiger partial charge in [-0.25, -0.2) is 0 Å². The molecule has 0 saturated carbocycles. The zero-order chi connectivity index (χ0) is 5.21. The van der Waals surface area contributed by atoms with Crippen molar-refractivity contribution in [3.05, 3.63) is 4.91 Å². The lowest BCUT2D eigenvalue weighted by Crippen LogP contribution is -1.94. The average molecular weight is 160 g/mol. The van der Waals surface area contributed by atoms with Crippen LogP contribution in [0.5, 0.6) is 0 Å². The number of hydrogen-bond donors (Lipinski definition) is 0. The van der Waals surface area contributed by atoms with E-state index in [1.54, 1.807) is 15.9 Å². The van der Waals surface area contributed by atoms with Crippen molar-refractivity contribution in [1.82, 2.24) is 0 Å². The molecule has 0 fully saturated rings. The van der Waals surface area contributed by atoms with Crippen molar-refractivity contribution >= 4 is 15.9 Å². The number of rotatable bonds is 1. The minimum Gasteiger partial charge on any atom is -0.166 e. The molecule has 0 rings (SSSR count). The first kappa shape index (κ1) is 5.94. The summed E-state index contributed by atoms with van der Waals surface area (Å²) in [4.78, 5) is 5.20. The quantitative estimate of drug-likeness (QED) is 0.326. The number of alkyl halides is 3. The van der Waals surface area contributed by atoms with Gasteiger partial charge in [-0.15, -0.1) is 4.91 Å². The molecule has 2 nitrogen and oxygen atoms in total. The van der Waals surface area contributed by atoms with Crippen LogP contribution in [-0.4, -0.2) is 4.96 Å². The van der Waals surface area contributed by atoms with E-state index in [2.05, 4.69) is 0 Å². The van der Waals surface area contributed by atoms with E-state index in [1.807, 2.05) is 0 Å². The molecule has 0 aliphatic rings. The summed E-state index contributed by atoms with van der Waals surface area (Å²) in [6.07, 6.45) is 0. The number of halogens is 3. The molecule has 0 radical (unpaired) electrons. The van der Waals surface area contributed by atoms with Crippen molar-refractivity contribution in [3.63, 3.8) is 0 Å². The molecule has 0 heterocycles. The molecular formula is CBrF2NO. The fourth-order valence-electron chi connectivity index (χ4n) is 0. The third-order valence-corrected chi connectivity index (χ3v) is 0.248. The summed E-state index contributed by atoms with van der Waals surface area (Å²) in [5.41, 5.74) is 0. The maximum absolute atomic E-state index is 10.9. The summed E-state index contributed by atoms with van der Waals surface area (Å²) in [6, 6.07) is 0. The first-order valence-electron chi connectivity index (χ1n) is 0.973. The minimum atomic E-state index is -3.58. The van der Waals surface area contributed by atoms with Gasteiger partial charge in [0.05, 0.1) is 0 Å². The van der Waals surface area contributed by atoms with E-state index in [0.717, 1.165) is 0 Å². The average Bonchev–Trinajstić information content (AvgIpc) is 1.35. The van der Waals surface area contributed by atoms with Crippen molar-refractivity contribution in [3.8, 4) is 0 Å². The Morgan fingerprint density at radius 1 is 1.67 bits per heavy atom. The zero-order valence-electron chi connectivity index (χ0n) is 2.49. The van der Waals surface area contributed by atoms with Gasteiger partial charge >= 0.3 is 4.96 Å². The van der Waals surface area contributed by atoms with Crippen molar-refractivity contribution in [1.29, 1.82) is 0 Å². The third kappa shape index (κ3) is 3.94. The van der Waals surface area contributed by atoms with E-state index in [0.29, 0.717) is 0 Å². The summed E-state index contributed by atoms with van der Waals surface area (Å²) in [5.74, 6) is 0. The number of nitroso groups, excluding NO2 is 1. The summed E-state index contributed by atoms with van der Waals surface area (Å²) < 4.78 is 21.8. The van der Waals surface area contributed by atoms with Gasteiger partial charge in [-0.05, 0) is 0 Å². The van der Waals surface area contributed by atoms with Gasteiger partial charge in [-0.3, -0.25) is 0 Å². The Bertz CT molecular complexity index is 59.1. The van der Waals surface area contributed by atoms with Gasteiger partial charge in [0.1, 0.15) is 0 Å². The SMILES string of the molecule is O=NC(F)(F)Br. The second-order valence-corrected chi connectivity index (χ2v) is 1.51. The van der Waals surface area contributed by atoms with Gasteiger partial charge in [0.25, 0.3) is 0 Å². The molecule has 6 heavy (non-hydrogen) atoms. The highest BCUT2D eigenvalue weighted by atomic mass is 79.9. The Morgan fingerprint density at radius 2 is 1.83 bits per heavy atom. The standard InChI is InChI=1S/CBrF2NO/c2-1(3,4)5-6. The highest BCUT2D eigenvalue weighted by Gasteiger charge is 2.23. The molecule has 0 N–H and O–H groups in total. The lowest BCUT2D eigenvalue weighted by molar-refractivity contribution is 0.124. The molecule has 0 saturated heterocycles. The van der Waals surface area contributed by atoms with Crippen LogP contribution >= 0.6 is 15.9 Å². The molecule has 0 unspecified atom stereocenters. The van der Waals surface area contributed by atoms with Crippen LogP contribution in [0.3, 0.4) is 0 Å². The van der Waals surface area contributed by atoms with E-state index in [9.17, 15) is 8.78 Å². The fourth-order valence-corrected chi connectivity index (χ4v) is 0. The smallest absolute Gasteiger partial charge is 0.166 e. The highest BCUT2D eigenvalue weighted by molar-refractivity contribution is 9.09. The van der Waals surface area contributed by atoms with Crippen LogP contribution in [0, 0.1) is 4.91 Å². The summed E-state index contributed by atoms with van der Waals surface area (Å²) in [6.45, 7) is 0. The van der Waals surface area contributed by atoms with Gasteiger partial charge < -0.3 is 0 Å². The Morgan fingerprint density at radius 3 is 1.83 bits per heavy atom. The second-order valence-electron chi connectivity index (χ2n) is 0.559. The van der Waals surface area contributed by atoms with Crippen molar-refractivity contribution in [2.24, 2.45) is 5.18 Å². The lowest BCUT2D eigenvalue weighted by Gasteiger charge is -1.88. The van der Waals surface area contributed by atoms with E-state index < -0.39 is 4.96 Å². The molecule has 0 amide bonds. The van der Waals surface area contributed by atoms with Crippen LogP contribution in [0.1, 0.15) is 0 Å². The molecule has 0 aromatic carbocycles. The monoisotopic (exact) mass is 159 g/mol. The first-order valence-corrected chi connectivity index (χ1v) is 1.77. The Hall–Kier alpha value is -0.0600. The molecule has 5 heteroatoms. The minimum absolute atomic E-state index is 1.35.